The topological polar surface area (TPSA) is 57.3 Å². The maximum atomic E-state index is 11.2. The first-order valence-electron chi connectivity index (χ1n) is 7.35. The molecule has 0 spiro atoms. The summed E-state index contributed by atoms with van der Waals surface area (Å²) in [5, 5.41) is 0. The van der Waals surface area contributed by atoms with E-state index >= 15 is 0 Å². The fraction of sp³-hybridized carbons (Fsp3) is 0.562. The summed E-state index contributed by atoms with van der Waals surface area (Å²) in [5.74, 6) is -0.814. The molecule has 1 saturated heterocycles. The van der Waals surface area contributed by atoms with Gasteiger partial charge < -0.3 is 18.9 Å². The fourth-order valence-corrected chi connectivity index (χ4v) is 1.99. The van der Waals surface area contributed by atoms with E-state index in [0.717, 1.165) is 12.8 Å². The summed E-state index contributed by atoms with van der Waals surface area (Å²) < 4.78 is 20.6. The number of rotatable bonds is 9. The Kier molecular flexibility index (Phi) is 6.02. The maximum Gasteiger partial charge on any atom is 0.510 e. The smallest absolute Gasteiger partial charge is 0.435 e. The Bertz CT molecular complexity index is 428. The normalized spacial score (nSPS) is 20.0. The van der Waals surface area contributed by atoms with Gasteiger partial charge in [0.1, 0.15) is 6.61 Å². The van der Waals surface area contributed by atoms with Crippen LogP contribution in [0.5, 0.6) is 0 Å². The number of carbonyl (C=O) groups excluding carboxylic acids is 1. The minimum absolute atomic E-state index is 0.297. The van der Waals surface area contributed by atoms with Gasteiger partial charge in [0.2, 0.25) is 5.79 Å². The van der Waals surface area contributed by atoms with Crippen LogP contribution in [0.3, 0.4) is 0 Å². The zero-order valence-corrected chi connectivity index (χ0v) is 12.4. The molecular weight excluding hydrogens is 272 g/mol. The molecule has 1 aromatic carbocycles. The first-order chi connectivity index (χ1) is 10.2. The minimum Gasteiger partial charge on any atom is -0.435 e. The molecule has 21 heavy (non-hydrogen) atoms. The SMILES string of the molecule is CCOC(=O)OC1(CCOCCCc2ccccc2)CO1. The third-order valence-electron chi connectivity index (χ3n) is 3.22. The van der Waals surface area contributed by atoms with Gasteiger partial charge in [-0.25, -0.2) is 4.79 Å². The molecule has 1 heterocycles. The summed E-state index contributed by atoms with van der Waals surface area (Å²) in [6.07, 6.45) is 1.83. The van der Waals surface area contributed by atoms with Crippen molar-refractivity contribution in [1.29, 1.82) is 0 Å². The molecule has 0 amide bonds. The monoisotopic (exact) mass is 294 g/mol. The maximum absolute atomic E-state index is 11.2. The second kappa shape index (κ2) is 8.00. The Balaban J connectivity index is 1.53. The third-order valence-corrected chi connectivity index (χ3v) is 3.22. The van der Waals surface area contributed by atoms with E-state index in [4.69, 9.17) is 18.9 Å². The summed E-state index contributed by atoms with van der Waals surface area (Å²) in [5.41, 5.74) is 1.31. The Labute approximate surface area is 125 Å². The average Bonchev–Trinajstić information content (AvgIpc) is 3.24. The molecule has 5 nitrogen and oxygen atoms in total. The number of hydrogen-bond donors (Lipinski definition) is 0. The molecule has 1 unspecified atom stereocenters. The van der Waals surface area contributed by atoms with Crippen LogP contribution in [-0.4, -0.2) is 38.4 Å². The second-order valence-electron chi connectivity index (χ2n) is 4.94. The summed E-state index contributed by atoms with van der Waals surface area (Å²) in [7, 11) is 0. The average molecular weight is 294 g/mol. The molecule has 116 valence electrons. The molecular formula is C16H22O5. The van der Waals surface area contributed by atoms with E-state index < -0.39 is 11.9 Å². The van der Waals surface area contributed by atoms with E-state index in [1.165, 1.54) is 5.56 Å². The van der Waals surface area contributed by atoms with Crippen LogP contribution >= 0.6 is 0 Å². The number of epoxide rings is 1. The van der Waals surface area contributed by atoms with Crippen LogP contribution in [0.25, 0.3) is 0 Å². The Hall–Kier alpha value is -1.59. The highest BCUT2D eigenvalue weighted by Crippen LogP contribution is 2.32. The summed E-state index contributed by atoms with van der Waals surface area (Å²) in [6.45, 7) is 3.64. The zero-order chi connectivity index (χ0) is 15.0. The molecule has 0 aliphatic carbocycles. The van der Waals surface area contributed by atoms with Crippen LogP contribution in [0.2, 0.25) is 0 Å². The minimum atomic E-state index is -0.814. The highest BCUT2D eigenvalue weighted by atomic mass is 16.8. The molecule has 0 saturated carbocycles. The van der Waals surface area contributed by atoms with Crippen LogP contribution in [0, 0.1) is 0 Å². The lowest BCUT2D eigenvalue weighted by atomic mass is 10.1. The zero-order valence-electron chi connectivity index (χ0n) is 12.4. The molecule has 5 heteroatoms. The number of hydrogen-bond acceptors (Lipinski definition) is 5. The van der Waals surface area contributed by atoms with Gasteiger partial charge in [0, 0.05) is 13.0 Å². The van der Waals surface area contributed by atoms with Crippen LogP contribution in [0.4, 0.5) is 4.79 Å². The number of ether oxygens (including phenoxy) is 4. The Morgan fingerprint density at radius 1 is 1.29 bits per heavy atom. The predicted molar refractivity (Wildman–Crippen MR) is 77.0 cm³/mol. The molecule has 1 aromatic rings. The van der Waals surface area contributed by atoms with Gasteiger partial charge in [0.15, 0.2) is 0 Å². The molecule has 1 atom stereocenters. The van der Waals surface area contributed by atoms with Crippen molar-refractivity contribution in [3.8, 4) is 0 Å². The van der Waals surface area contributed by atoms with Gasteiger partial charge in [-0.2, -0.15) is 0 Å². The van der Waals surface area contributed by atoms with Crippen molar-refractivity contribution >= 4 is 6.16 Å². The van der Waals surface area contributed by atoms with Gasteiger partial charge in [0.25, 0.3) is 0 Å². The second-order valence-corrected chi connectivity index (χ2v) is 4.94. The van der Waals surface area contributed by atoms with Gasteiger partial charge in [0.05, 0.1) is 13.2 Å². The molecule has 0 aromatic heterocycles. The molecule has 1 aliphatic heterocycles. The largest absolute Gasteiger partial charge is 0.510 e. The summed E-state index contributed by atoms with van der Waals surface area (Å²) in [6, 6.07) is 10.3. The molecule has 1 fully saturated rings. The van der Waals surface area contributed by atoms with Crippen molar-refractivity contribution in [3.63, 3.8) is 0 Å². The predicted octanol–water partition coefficient (Wildman–Crippen LogP) is 2.93. The van der Waals surface area contributed by atoms with E-state index in [2.05, 4.69) is 12.1 Å². The molecule has 0 bridgehead atoms. The van der Waals surface area contributed by atoms with Crippen molar-refractivity contribution in [3.05, 3.63) is 35.9 Å². The van der Waals surface area contributed by atoms with Crippen LogP contribution in [0.15, 0.2) is 30.3 Å². The van der Waals surface area contributed by atoms with Crippen LogP contribution in [0.1, 0.15) is 25.3 Å². The quantitative estimate of drug-likeness (QED) is 0.398. The lowest BCUT2D eigenvalue weighted by molar-refractivity contribution is -0.0490. The molecule has 1 aliphatic rings. The van der Waals surface area contributed by atoms with Gasteiger partial charge >= 0.3 is 6.16 Å². The first-order valence-corrected chi connectivity index (χ1v) is 7.35. The van der Waals surface area contributed by atoms with E-state index in [1.54, 1.807) is 6.92 Å². The number of benzene rings is 1. The van der Waals surface area contributed by atoms with Gasteiger partial charge in [-0.1, -0.05) is 30.3 Å². The third kappa shape index (κ3) is 5.73. The van der Waals surface area contributed by atoms with Crippen molar-refractivity contribution in [2.24, 2.45) is 0 Å². The number of aryl methyl sites for hydroxylation is 1. The van der Waals surface area contributed by atoms with E-state index in [1.807, 2.05) is 18.2 Å². The lowest BCUT2D eigenvalue weighted by Gasteiger charge is -2.12. The Morgan fingerprint density at radius 3 is 2.71 bits per heavy atom. The summed E-state index contributed by atoms with van der Waals surface area (Å²) in [4.78, 5) is 11.2. The van der Waals surface area contributed by atoms with Gasteiger partial charge in [-0.15, -0.1) is 0 Å². The van der Waals surface area contributed by atoms with Crippen molar-refractivity contribution < 1.29 is 23.7 Å². The molecule has 0 radical (unpaired) electrons. The van der Waals surface area contributed by atoms with Crippen molar-refractivity contribution in [1.82, 2.24) is 0 Å². The number of carbonyl (C=O) groups is 1. The highest BCUT2D eigenvalue weighted by molar-refractivity contribution is 5.60. The van der Waals surface area contributed by atoms with E-state index in [-0.39, 0.29) is 0 Å². The van der Waals surface area contributed by atoms with Crippen molar-refractivity contribution in [2.75, 3.05) is 26.4 Å². The van der Waals surface area contributed by atoms with Crippen LogP contribution in [-0.2, 0) is 25.4 Å². The van der Waals surface area contributed by atoms with Gasteiger partial charge in [-0.05, 0) is 25.3 Å². The standard InChI is InChI=1S/C16H22O5/c1-2-19-15(17)21-16(13-20-16)10-12-18-11-6-9-14-7-4-3-5-8-14/h3-5,7-8H,2,6,9-13H2,1H3. The first kappa shape index (κ1) is 15.8. The van der Waals surface area contributed by atoms with E-state index in [0.29, 0.717) is 32.8 Å². The van der Waals surface area contributed by atoms with Crippen molar-refractivity contribution in [2.45, 2.75) is 32.0 Å². The molecule has 0 N–H and O–H groups in total. The molecule has 2 rings (SSSR count). The van der Waals surface area contributed by atoms with Crippen LogP contribution < -0.4 is 0 Å². The highest BCUT2D eigenvalue weighted by Gasteiger charge is 2.49. The van der Waals surface area contributed by atoms with Gasteiger partial charge in [-0.3, -0.25) is 0 Å². The summed E-state index contributed by atoms with van der Waals surface area (Å²) >= 11 is 0. The Morgan fingerprint density at radius 2 is 2.05 bits per heavy atom. The lowest BCUT2D eigenvalue weighted by Crippen LogP contribution is -2.24. The fourth-order valence-electron chi connectivity index (χ4n) is 1.99. The van der Waals surface area contributed by atoms with E-state index in [9.17, 15) is 4.79 Å².